The molecule has 1 amide bonds. The number of hydrogen-bond acceptors (Lipinski definition) is 3. The molecule has 1 aromatic rings. The molecule has 0 aliphatic rings. The molecule has 1 rings (SSSR count). The first-order chi connectivity index (χ1) is 8.17. The van der Waals surface area contributed by atoms with Gasteiger partial charge in [0.05, 0.1) is 14.2 Å². The Kier molecular flexibility index (Phi) is 5.80. The number of amides is 1. The Morgan fingerprint density at radius 2 is 1.94 bits per heavy atom. The van der Waals surface area contributed by atoms with E-state index in [9.17, 15) is 4.79 Å². The minimum Gasteiger partial charge on any atom is -0.497 e. The van der Waals surface area contributed by atoms with Crippen molar-refractivity contribution in [1.82, 2.24) is 4.58 Å². The Bertz CT molecular complexity index is 353. The lowest BCUT2D eigenvalue weighted by Gasteiger charge is -2.09. The quantitative estimate of drug-likeness (QED) is 0.581. The predicted octanol–water partition coefficient (Wildman–Crippen LogP) is 2.56. The van der Waals surface area contributed by atoms with E-state index in [1.807, 2.05) is 24.3 Å². The summed E-state index contributed by atoms with van der Waals surface area (Å²) >= 11 is 5.48. The Balaban J connectivity index is 2.33. The van der Waals surface area contributed by atoms with Gasteiger partial charge in [0, 0.05) is 18.2 Å². The number of methoxy groups -OCH3 is 1. The van der Waals surface area contributed by atoms with E-state index in [-0.39, 0.29) is 5.91 Å². The number of ether oxygens (including phenoxy) is 1. The lowest BCUT2D eigenvalue weighted by atomic mass is 10.1. The van der Waals surface area contributed by atoms with Crippen LogP contribution in [-0.4, -0.2) is 24.7 Å². The summed E-state index contributed by atoms with van der Waals surface area (Å²) in [5, 5.41) is 0. The van der Waals surface area contributed by atoms with Crippen LogP contribution in [0.15, 0.2) is 24.3 Å². The molecule has 0 saturated heterocycles. The predicted molar refractivity (Wildman–Crippen MR) is 65.6 cm³/mol. The highest BCUT2D eigenvalue weighted by Crippen LogP contribution is 2.13. The maximum absolute atomic E-state index is 11.3. The van der Waals surface area contributed by atoms with E-state index in [1.165, 1.54) is 7.11 Å². The van der Waals surface area contributed by atoms with Crippen molar-refractivity contribution in [1.29, 1.82) is 0 Å². The van der Waals surface area contributed by atoms with Gasteiger partial charge in [0.1, 0.15) is 5.75 Å². The van der Waals surface area contributed by atoms with Crippen LogP contribution >= 0.6 is 11.8 Å². The summed E-state index contributed by atoms with van der Waals surface area (Å²) in [5.74, 6) is 0.596. The minimum absolute atomic E-state index is 0.234. The van der Waals surface area contributed by atoms with Gasteiger partial charge in [0.25, 0.3) is 5.91 Å². The average Bonchev–Trinajstić information content (AvgIpc) is 2.38. The second-order valence-corrected chi connectivity index (χ2v) is 3.83. The van der Waals surface area contributed by atoms with Gasteiger partial charge in [-0.05, 0) is 30.5 Å². The molecule has 0 aliphatic carbocycles. The maximum atomic E-state index is 11.3. The van der Waals surface area contributed by atoms with Crippen LogP contribution in [0.2, 0.25) is 0 Å². The highest BCUT2D eigenvalue weighted by molar-refractivity contribution is 6.20. The molecule has 1 aromatic carbocycles. The van der Waals surface area contributed by atoms with Crippen LogP contribution < -0.4 is 4.74 Å². The Morgan fingerprint density at radius 3 is 2.47 bits per heavy atom. The molecular weight excluding hydrogens is 242 g/mol. The fraction of sp³-hybridized carbons (Fsp3) is 0.417. The van der Waals surface area contributed by atoms with E-state index in [0.29, 0.717) is 6.42 Å². The van der Waals surface area contributed by atoms with Crippen molar-refractivity contribution in [2.45, 2.75) is 19.3 Å². The lowest BCUT2D eigenvalue weighted by Crippen LogP contribution is -2.19. The van der Waals surface area contributed by atoms with Gasteiger partial charge in [-0.2, -0.15) is 0 Å². The minimum atomic E-state index is -0.234. The van der Waals surface area contributed by atoms with Crippen molar-refractivity contribution < 1.29 is 14.4 Å². The number of carbonyl (C=O) groups is 1. The first-order valence-corrected chi connectivity index (χ1v) is 5.67. The second kappa shape index (κ2) is 7.14. The molecule has 0 aliphatic heterocycles. The van der Waals surface area contributed by atoms with Crippen LogP contribution in [0.1, 0.15) is 18.4 Å². The zero-order chi connectivity index (χ0) is 12.7. The Labute approximate surface area is 106 Å². The van der Waals surface area contributed by atoms with E-state index < -0.39 is 0 Å². The number of halogens is 1. The third kappa shape index (κ3) is 4.63. The number of rotatable bonds is 6. The van der Waals surface area contributed by atoms with Crippen molar-refractivity contribution in [2.24, 2.45) is 0 Å². The van der Waals surface area contributed by atoms with Crippen LogP contribution in [-0.2, 0) is 16.1 Å². The Hall–Kier alpha value is -1.26. The molecule has 0 aromatic heterocycles. The summed E-state index contributed by atoms with van der Waals surface area (Å²) in [4.78, 5) is 15.9. The first-order valence-electron chi connectivity index (χ1n) is 5.33. The molecule has 5 heteroatoms. The van der Waals surface area contributed by atoms with Crippen LogP contribution in [0, 0.1) is 0 Å². The van der Waals surface area contributed by atoms with Gasteiger partial charge >= 0.3 is 0 Å². The SMILES string of the molecule is COc1ccc(CCCC(=O)N(Cl)OC)cc1. The fourth-order valence-corrected chi connectivity index (χ4v) is 1.51. The van der Waals surface area contributed by atoms with Gasteiger partial charge in [0.15, 0.2) is 0 Å². The number of nitrogens with zero attached hydrogens (tertiary/aromatic N) is 1. The summed E-state index contributed by atoms with van der Waals surface area (Å²) in [7, 11) is 2.99. The van der Waals surface area contributed by atoms with Crippen molar-refractivity contribution >= 4 is 17.7 Å². The van der Waals surface area contributed by atoms with Gasteiger partial charge in [-0.25, -0.2) is 0 Å². The number of hydroxylamine groups is 1. The molecular formula is C12H16ClNO3. The third-order valence-corrected chi connectivity index (χ3v) is 2.70. The summed E-state index contributed by atoms with van der Waals surface area (Å²) in [6, 6.07) is 7.77. The first kappa shape index (κ1) is 13.8. The van der Waals surface area contributed by atoms with Gasteiger partial charge < -0.3 is 4.74 Å². The topological polar surface area (TPSA) is 38.8 Å². The van der Waals surface area contributed by atoms with Crippen LogP contribution in [0.25, 0.3) is 0 Å². The monoisotopic (exact) mass is 257 g/mol. The standard InChI is InChI=1S/C12H16ClNO3/c1-16-11-8-6-10(7-9-11)4-3-5-12(15)14(13)17-2/h6-9H,3-5H2,1-2H3. The number of carbonyl (C=O) groups excluding carboxylic acids is 1. The molecule has 0 fully saturated rings. The van der Waals surface area contributed by atoms with E-state index in [1.54, 1.807) is 7.11 Å². The Morgan fingerprint density at radius 1 is 1.29 bits per heavy atom. The highest BCUT2D eigenvalue weighted by Gasteiger charge is 2.09. The summed E-state index contributed by atoms with van der Waals surface area (Å²) < 4.78 is 5.79. The van der Waals surface area contributed by atoms with Crippen LogP contribution in [0.4, 0.5) is 0 Å². The second-order valence-electron chi connectivity index (χ2n) is 3.52. The van der Waals surface area contributed by atoms with Gasteiger partial charge in [-0.15, -0.1) is 4.58 Å². The van der Waals surface area contributed by atoms with Crippen molar-refractivity contribution in [3.8, 4) is 5.75 Å². The molecule has 17 heavy (non-hydrogen) atoms. The van der Waals surface area contributed by atoms with E-state index in [2.05, 4.69) is 4.84 Å². The average molecular weight is 258 g/mol. The maximum Gasteiger partial charge on any atom is 0.261 e. The largest absolute Gasteiger partial charge is 0.497 e. The highest BCUT2D eigenvalue weighted by atomic mass is 35.5. The van der Waals surface area contributed by atoms with Gasteiger partial charge in [-0.3, -0.25) is 9.63 Å². The molecule has 4 nitrogen and oxygen atoms in total. The zero-order valence-electron chi connectivity index (χ0n) is 9.98. The zero-order valence-corrected chi connectivity index (χ0v) is 10.7. The fourth-order valence-electron chi connectivity index (χ4n) is 1.43. The number of benzene rings is 1. The molecule has 94 valence electrons. The normalized spacial score (nSPS) is 10.1. The van der Waals surface area contributed by atoms with E-state index in [4.69, 9.17) is 16.5 Å². The molecule has 0 N–H and O–H groups in total. The van der Waals surface area contributed by atoms with Crippen molar-refractivity contribution in [3.05, 3.63) is 29.8 Å². The molecule has 0 atom stereocenters. The summed E-state index contributed by atoms with van der Waals surface area (Å²) in [6.45, 7) is 0. The van der Waals surface area contributed by atoms with Crippen LogP contribution in [0.3, 0.4) is 0 Å². The van der Waals surface area contributed by atoms with Crippen molar-refractivity contribution in [2.75, 3.05) is 14.2 Å². The molecule has 0 spiro atoms. The van der Waals surface area contributed by atoms with Gasteiger partial charge in [-0.1, -0.05) is 12.1 Å². The third-order valence-electron chi connectivity index (χ3n) is 2.37. The van der Waals surface area contributed by atoms with Crippen molar-refractivity contribution in [3.63, 3.8) is 0 Å². The van der Waals surface area contributed by atoms with Gasteiger partial charge in [0.2, 0.25) is 0 Å². The van der Waals surface area contributed by atoms with Crippen LogP contribution in [0.5, 0.6) is 5.75 Å². The summed E-state index contributed by atoms with van der Waals surface area (Å²) in [6.07, 6.45) is 1.92. The molecule has 0 saturated carbocycles. The molecule has 0 unspecified atom stereocenters. The summed E-state index contributed by atoms with van der Waals surface area (Å²) in [5.41, 5.74) is 1.16. The lowest BCUT2D eigenvalue weighted by molar-refractivity contribution is -0.152. The smallest absolute Gasteiger partial charge is 0.261 e. The van der Waals surface area contributed by atoms with E-state index >= 15 is 0 Å². The number of hydrogen-bond donors (Lipinski definition) is 0. The molecule has 0 radical (unpaired) electrons. The molecule has 0 bridgehead atoms. The molecule has 0 heterocycles. The van der Waals surface area contributed by atoms with E-state index in [0.717, 1.165) is 28.7 Å². The number of aryl methyl sites for hydroxylation is 1.